The quantitative estimate of drug-likeness (QED) is 0.814. The van der Waals surface area contributed by atoms with Crippen LogP contribution in [0.1, 0.15) is 10.5 Å². The van der Waals surface area contributed by atoms with Crippen LogP contribution in [-0.2, 0) is 10.0 Å². The lowest BCUT2D eigenvalue weighted by Gasteiger charge is -2.33. The number of nitrogens with one attached hydrogen (secondary N) is 1. The number of amides is 1. The first-order valence-electron chi connectivity index (χ1n) is 7.59. The van der Waals surface area contributed by atoms with Gasteiger partial charge in [0.25, 0.3) is 11.5 Å². The number of hydrogen-bond acceptors (Lipinski definition) is 5. The molecule has 3 rings (SSSR count). The summed E-state index contributed by atoms with van der Waals surface area (Å²) in [4.78, 5) is 24.3. The minimum absolute atomic E-state index is 0.00355. The zero-order valence-corrected chi connectivity index (χ0v) is 14.2. The Kier molecular flexibility index (Phi) is 4.83. The van der Waals surface area contributed by atoms with Gasteiger partial charge in [0, 0.05) is 32.2 Å². The maximum Gasteiger partial charge on any atom is 0.274 e. The number of H-pyrrole nitrogens is 1. The van der Waals surface area contributed by atoms with E-state index >= 15 is 0 Å². The van der Waals surface area contributed by atoms with E-state index in [4.69, 9.17) is 0 Å². The van der Waals surface area contributed by atoms with Crippen LogP contribution in [0.15, 0.2) is 40.0 Å². The second-order valence-corrected chi connectivity index (χ2v) is 7.52. The molecular weight excluding hydrogens is 370 g/mol. The van der Waals surface area contributed by atoms with E-state index in [9.17, 15) is 26.8 Å². The van der Waals surface area contributed by atoms with Gasteiger partial charge in [0.1, 0.15) is 5.69 Å². The molecule has 2 heterocycles. The summed E-state index contributed by atoms with van der Waals surface area (Å²) in [6.07, 6.45) is 0. The van der Waals surface area contributed by atoms with Crippen LogP contribution in [0.5, 0.6) is 0 Å². The predicted molar refractivity (Wildman–Crippen MR) is 85.9 cm³/mol. The maximum atomic E-state index is 13.3. The van der Waals surface area contributed by atoms with Crippen molar-refractivity contribution in [3.8, 4) is 0 Å². The monoisotopic (exact) mass is 384 g/mol. The van der Waals surface area contributed by atoms with Crippen LogP contribution in [0.2, 0.25) is 0 Å². The molecule has 8 nitrogen and oxygen atoms in total. The number of aromatic amines is 1. The molecule has 0 aliphatic carbocycles. The third kappa shape index (κ3) is 3.48. The van der Waals surface area contributed by atoms with E-state index in [2.05, 4.69) is 10.2 Å². The van der Waals surface area contributed by atoms with E-state index in [1.54, 1.807) is 0 Å². The SMILES string of the molecule is O=C(c1ccc(=O)[nH]n1)N1CCN(S(=O)(=O)c2ccc(F)c(F)c2)CC1. The van der Waals surface area contributed by atoms with Crippen LogP contribution in [0.3, 0.4) is 0 Å². The van der Waals surface area contributed by atoms with Gasteiger partial charge in [-0.1, -0.05) is 0 Å². The number of piperazine rings is 1. The van der Waals surface area contributed by atoms with Gasteiger partial charge in [-0.15, -0.1) is 0 Å². The molecule has 0 atom stereocenters. The Bertz CT molecular complexity index is 980. The first kappa shape index (κ1) is 18.1. The van der Waals surface area contributed by atoms with Gasteiger partial charge in [0.05, 0.1) is 4.90 Å². The van der Waals surface area contributed by atoms with Gasteiger partial charge >= 0.3 is 0 Å². The molecule has 1 aromatic carbocycles. The molecule has 1 fully saturated rings. The first-order valence-corrected chi connectivity index (χ1v) is 9.03. The standard InChI is InChI=1S/C15H14F2N4O4S/c16-11-2-1-10(9-12(11)17)26(24,25)21-7-5-20(6-8-21)15(23)13-3-4-14(22)19-18-13/h1-4,9H,5-8H2,(H,19,22). The summed E-state index contributed by atoms with van der Waals surface area (Å²) in [5, 5.41) is 5.81. The van der Waals surface area contributed by atoms with Gasteiger partial charge in [-0.2, -0.15) is 9.40 Å². The van der Waals surface area contributed by atoms with E-state index in [0.29, 0.717) is 6.07 Å². The van der Waals surface area contributed by atoms with E-state index < -0.39 is 33.1 Å². The highest BCUT2D eigenvalue weighted by Gasteiger charge is 2.31. The number of benzene rings is 1. The average Bonchev–Trinajstić information content (AvgIpc) is 2.64. The summed E-state index contributed by atoms with van der Waals surface area (Å²) in [5.74, 6) is -2.82. The van der Waals surface area contributed by atoms with E-state index in [0.717, 1.165) is 16.4 Å². The summed E-state index contributed by atoms with van der Waals surface area (Å²) in [7, 11) is -4.00. The largest absolute Gasteiger partial charge is 0.335 e. The lowest BCUT2D eigenvalue weighted by atomic mass is 10.3. The average molecular weight is 384 g/mol. The Balaban J connectivity index is 1.71. The highest BCUT2D eigenvalue weighted by atomic mass is 32.2. The van der Waals surface area contributed by atoms with E-state index in [1.165, 1.54) is 17.0 Å². The zero-order valence-electron chi connectivity index (χ0n) is 13.4. The Morgan fingerprint density at radius 2 is 1.73 bits per heavy atom. The lowest BCUT2D eigenvalue weighted by Crippen LogP contribution is -2.50. The van der Waals surface area contributed by atoms with Gasteiger partial charge in [-0.05, 0) is 24.3 Å². The fourth-order valence-electron chi connectivity index (χ4n) is 2.54. The summed E-state index contributed by atoms with van der Waals surface area (Å²) in [6, 6.07) is 4.83. The fraction of sp³-hybridized carbons (Fsp3) is 0.267. The minimum Gasteiger partial charge on any atom is -0.335 e. The molecule has 0 bridgehead atoms. The Hall–Kier alpha value is -2.66. The van der Waals surface area contributed by atoms with Crippen molar-refractivity contribution in [2.24, 2.45) is 0 Å². The van der Waals surface area contributed by atoms with Crippen LogP contribution in [0, 0.1) is 11.6 Å². The fourth-order valence-corrected chi connectivity index (χ4v) is 3.98. The molecule has 2 aromatic rings. The minimum atomic E-state index is -4.00. The van der Waals surface area contributed by atoms with Crippen molar-refractivity contribution in [1.29, 1.82) is 0 Å². The zero-order chi connectivity index (χ0) is 18.9. The van der Waals surface area contributed by atoms with Gasteiger partial charge < -0.3 is 4.90 Å². The van der Waals surface area contributed by atoms with E-state index in [-0.39, 0.29) is 36.8 Å². The Morgan fingerprint density at radius 1 is 1.04 bits per heavy atom. The second kappa shape index (κ2) is 6.92. The highest BCUT2D eigenvalue weighted by Crippen LogP contribution is 2.20. The van der Waals surface area contributed by atoms with Crippen molar-refractivity contribution in [3.05, 3.63) is 58.0 Å². The number of halogens is 2. The summed E-state index contributed by atoms with van der Waals surface area (Å²) < 4.78 is 52.5. The lowest BCUT2D eigenvalue weighted by molar-refractivity contribution is 0.0690. The second-order valence-electron chi connectivity index (χ2n) is 5.58. The van der Waals surface area contributed by atoms with Gasteiger partial charge in [0.15, 0.2) is 11.6 Å². The molecule has 0 saturated carbocycles. The number of sulfonamides is 1. The number of nitrogens with zero attached hydrogens (tertiary/aromatic N) is 3. The molecule has 1 saturated heterocycles. The van der Waals surface area contributed by atoms with Crippen molar-refractivity contribution in [1.82, 2.24) is 19.4 Å². The van der Waals surface area contributed by atoms with Crippen molar-refractivity contribution in [2.45, 2.75) is 4.90 Å². The molecule has 138 valence electrons. The normalized spacial score (nSPS) is 15.8. The van der Waals surface area contributed by atoms with Gasteiger partial charge in [-0.25, -0.2) is 22.3 Å². The topological polar surface area (TPSA) is 103 Å². The molecule has 1 N–H and O–H groups in total. The molecule has 1 aliphatic heterocycles. The molecule has 0 spiro atoms. The molecule has 1 amide bonds. The predicted octanol–water partition coefficient (Wildman–Crippen LogP) is 0.195. The van der Waals surface area contributed by atoms with Crippen molar-refractivity contribution in [3.63, 3.8) is 0 Å². The summed E-state index contributed by atoms with van der Waals surface area (Å²) >= 11 is 0. The molecule has 11 heteroatoms. The molecule has 1 aliphatic rings. The van der Waals surface area contributed by atoms with Gasteiger partial charge in [-0.3, -0.25) is 9.59 Å². The maximum absolute atomic E-state index is 13.3. The highest BCUT2D eigenvalue weighted by molar-refractivity contribution is 7.89. The Morgan fingerprint density at radius 3 is 2.31 bits per heavy atom. The summed E-state index contributed by atoms with van der Waals surface area (Å²) in [6.45, 7) is 0.192. The molecule has 1 aromatic heterocycles. The van der Waals surface area contributed by atoms with Crippen LogP contribution >= 0.6 is 0 Å². The van der Waals surface area contributed by atoms with Crippen LogP contribution in [-0.4, -0.2) is 59.9 Å². The van der Waals surface area contributed by atoms with Crippen LogP contribution in [0.25, 0.3) is 0 Å². The number of rotatable bonds is 3. The van der Waals surface area contributed by atoms with Crippen LogP contribution < -0.4 is 5.56 Å². The number of aromatic nitrogens is 2. The number of hydrogen-bond donors (Lipinski definition) is 1. The molecule has 0 radical (unpaired) electrons. The third-order valence-electron chi connectivity index (χ3n) is 3.95. The molecular formula is C15H14F2N4O4S. The van der Waals surface area contributed by atoms with E-state index in [1.807, 2.05) is 0 Å². The third-order valence-corrected chi connectivity index (χ3v) is 5.85. The Labute approximate surface area is 147 Å². The van der Waals surface area contributed by atoms with Gasteiger partial charge in [0.2, 0.25) is 10.0 Å². The first-order chi connectivity index (χ1) is 12.3. The van der Waals surface area contributed by atoms with Crippen LogP contribution in [0.4, 0.5) is 8.78 Å². The summed E-state index contributed by atoms with van der Waals surface area (Å²) in [5.41, 5.74) is -0.398. The number of carbonyl (C=O) groups is 1. The number of carbonyl (C=O) groups excluding carboxylic acids is 1. The molecule has 0 unspecified atom stereocenters. The van der Waals surface area contributed by atoms with Crippen molar-refractivity contribution >= 4 is 15.9 Å². The van der Waals surface area contributed by atoms with Crippen molar-refractivity contribution < 1.29 is 22.0 Å². The molecule has 26 heavy (non-hydrogen) atoms. The smallest absolute Gasteiger partial charge is 0.274 e. The van der Waals surface area contributed by atoms with Crippen molar-refractivity contribution in [2.75, 3.05) is 26.2 Å².